The summed E-state index contributed by atoms with van der Waals surface area (Å²) in [6, 6.07) is 13.5. The maximum atomic E-state index is 12.8. The van der Waals surface area contributed by atoms with E-state index >= 15 is 0 Å². The number of nitrogens with zero attached hydrogens (tertiary/aromatic N) is 5. The minimum Gasteiger partial charge on any atom is -0.324 e. The normalized spacial score (nSPS) is 15.5. The molecular formula is C24H26N6O. The Morgan fingerprint density at radius 2 is 1.71 bits per heavy atom. The van der Waals surface area contributed by atoms with Crippen LogP contribution in [0.25, 0.3) is 16.7 Å². The third-order valence-corrected chi connectivity index (χ3v) is 6.00. The van der Waals surface area contributed by atoms with Gasteiger partial charge in [-0.1, -0.05) is 32.1 Å². The van der Waals surface area contributed by atoms with Crippen molar-refractivity contribution in [2.45, 2.75) is 51.0 Å². The van der Waals surface area contributed by atoms with Gasteiger partial charge in [0.2, 0.25) is 5.95 Å². The summed E-state index contributed by atoms with van der Waals surface area (Å²) in [5.74, 6) is 0.490. The molecule has 4 aromatic rings. The summed E-state index contributed by atoms with van der Waals surface area (Å²) in [5, 5.41) is 8.41. The number of fused-ring (bicyclic) bond motifs is 1. The smallest absolute Gasteiger partial charge is 0.252 e. The lowest BCUT2D eigenvalue weighted by atomic mass is 9.96. The van der Waals surface area contributed by atoms with Crippen molar-refractivity contribution < 1.29 is 0 Å². The van der Waals surface area contributed by atoms with Gasteiger partial charge >= 0.3 is 0 Å². The molecule has 1 aliphatic rings. The fraction of sp³-hybridized carbons (Fsp3) is 0.333. The first-order valence-electron chi connectivity index (χ1n) is 11.0. The van der Waals surface area contributed by atoms with E-state index in [9.17, 15) is 4.79 Å². The molecule has 0 atom stereocenters. The Kier molecular flexibility index (Phi) is 5.48. The van der Waals surface area contributed by atoms with Crippen molar-refractivity contribution in [2.75, 3.05) is 5.32 Å². The molecule has 0 unspecified atom stereocenters. The van der Waals surface area contributed by atoms with Crippen LogP contribution in [-0.2, 0) is 0 Å². The van der Waals surface area contributed by atoms with Crippen LogP contribution in [0.2, 0.25) is 0 Å². The van der Waals surface area contributed by atoms with Gasteiger partial charge in [0.05, 0.1) is 5.69 Å². The van der Waals surface area contributed by atoms with E-state index in [0.717, 1.165) is 42.4 Å². The van der Waals surface area contributed by atoms with Crippen LogP contribution in [0.3, 0.4) is 0 Å². The molecule has 0 spiro atoms. The number of aromatic nitrogens is 5. The molecule has 3 heterocycles. The summed E-state index contributed by atoms with van der Waals surface area (Å²) in [4.78, 5) is 22.0. The first kappa shape index (κ1) is 19.5. The van der Waals surface area contributed by atoms with Gasteiger partial charge in [-0.25, -0.2) is 9.67 Å². The summed E-state index contributed by atoms with van der Waals surface area (Å²) in [7, 11) is 0. The van der Waals surface area contributed by atoms with E-state index in [2.05, 4.69) is 15.4 Å². The summed E-state index contributed by atoms with van der Waals surface area (Å²) < 4.78 is 3.71. The maximum Gasteiger partial charge on any atom is 0.252 e. The van der Waals surface area contributed by atoms with Crippen molar-refractivity contribution in [1.29, 1.82) is 0 Å². The van der Waals surface area contributed by atoms with Gasteiger partial charge in [0.25, 0.3) is 5.56 Å². The molecule has 31 heavy (non-hydrogen) atoms. The molecule has 1 N–H and O–H groups in total. The first-order valence-corrected chi connectivity index (χ1v) is 11.0. The Hall–Kier alpha value is -3.48. The fourth-order valence-corrected chi connectivity index (χ4v) is 4.39. The van der Waals surface area contributed by atoms with Gasteiger partial charge in [0.15, 0.2) is 0 Å². The van der Waals surface area contributed by atoms with E-state index in [4.69, 9.17) is 4.98 Å². The quantitative estimate of drug-likeness (QED) is 0.508. The molecular weight excluding hydrogens is 388 g/mol. The number of hydrogen-bond acceptors (Lipinski definition) is 5. The van der Waals surface area contributed by atoms with Gasteiger partial charge in [-0.15, -0.1) is 0 Å². The molecule has 3 aromatic heterocycles. The Morgan fingerprint density at radius 3 is 2.45 bits per heavy atom. The molecule has 0 aliphatic heterocycles. The summed E-state index contributed by atoms with van der Waals surface area (Å²) in [6.07, 6.45) is 13.6. The second-order valence-electron chi connectivity index (χ2n) is 8.14. The maximum absolute atomic E-state index is 12.8. The Bertz CT molecular complexity index is 1210. The van der Waals surface area contributed by atoms with E-state index in [1.54, 1.807) is 18.5 Å². The fourth-order valence-electron chi connectivity index (χ4n) is 4.39. The number of rotatable bonds is 4. The average Bonchev–Trinajstić information content (AvgIpc) is 3.30. The number of hydrogen-bond donors (Lipinski definition) is 1. The van der Waals surface area contributed by atoms with E-state index in [-0.39, 0.29) is 11.6 Å². The highest BCUT2D eigenvalue weighted by atomic mass is 16.1. The Balaban J connectivity index is 1.45. The van der Waals surface area contributed by atoms with Crippen LogP contribution in [0.5, 0.6) is 0 Å². The zero-order valence-electron chi connectivity index (χ0n) is 17.4. The van der Waals surface area contributed by atoms with Crippen LogP contribution < -0.4 is 10.9 Å². The average molecular weight is 415 g/mol. The van der Waals surface area contributed by atoms with Gasteiger partial charge in [-0.2, -0.15) is 10.1 Å². The van der Waals surface area contributed by atoms with E-state index in [1.165, 1.54) is 19.3 Å². The summed E-state index contributed by atoms with van der Waals surface area (Å²) in [6.45, 7) is 0. The highest BCUT2D eigenvalue weighted by molar-refractivity contribution is 5.75. The standard InChI is InChI=1S/C24H26N6O/c31-22-14-9-18-17-25-24(27-19-10-12-20(13-11-19)29-16-6-15-26-29)28-23(18)30(22)21-7-4-2-1-3-5-8-21/h6,9-17,21H,1-5,7-8H2,(H,25,27,28). The molecule has 1 fully saturated rings. The lowest BCUT2D eigenvalue weighted by Crippen LogP contribution is -2.26. The molecule has 5 rings (SSSR count). The highest BCUT2D eigenvalue weighted by Gasteiger charge is 2.18. The second-order valence-corrected chi connectivity index (χ2v) is 8.14. The number of benzene rings is 1. The van der Waals surface area contributed by atoms with Crippen molar-refractivity contribution in [1.82, 2.24) is 24.3 Å². The number of anilines is 2. The minimum atomic E-state index is 0.0197. The molecule has 0 saturated heterocycles. The third kappa shape index (κ3) is 4.21. The minimum absolute atomic E-state index is 0.0197. The predicted molar refractivity (Wildman–Crippen MR) is 122 cm³/mol. The van der Waals surface area contributed by atoms with Gasteiger partial charge in [-0.05, 0) is 49.2 Å². The molecule has 0 radical (unpaired) electrons. The van der Waals surface area contributed by atoms with Crippen LogP contribution in [0.4, 0.5) is 11.6 Å². The zero-order chi connectivity index (χ0) is 21.0. The van der Waals surface area contributed by atoms with Gasteiger partial charge in [0.1, 0.15) is 5.65 Å². The zero-order valence-corrected chi connectivity index (χ0v) is 17.4. The molecule has 1 saturated carbocycles. The van der Waals surface area contributed by atoms with Crippen molar-refractivity contribution in [3.05, 3.63) is 71.4 Å². The Labute approximate surface area is 180 Å². The monoisotopic (exact) mass is 414 g/mol. The van der Waals surface area contributed by atoms with Gasteiger partial charge < -0.3 is 5.32 Å². The predicted octanol–water partition coefficient (Wildman–Crippen LogP) is 5.01. The van der Waals surface area contributed by atoms with Crippen LogP contribution in [0.15, 0.2) is 65.8 Å². The van der Waals surface area contributed by atoms with Crippen molar-refractivity contribution in [3.63, 3.8) is 0 Å². The largest absolute Gasteiger partial charge is 0.324 e. The lowest BCUT2D eigenvalue weighted by molar-refractivity contribution is 0.371. The third-order valence-electron chi connectivity index (χ3n) is 6.00. The van der Waals surface area contributed by atoms with E-state index in [1.807, 2.05) is 51.8 Å². The first-order chi connectivity index (χ1) is 15.3. The van der Waals surface area contributed by atoms with Crippen LogP contribution >= 0.6 is 0 Å². The summed E-state index contributed by atoms with van der Waals surface area (Å²) in [5.41, 5.74) is 2.59. The number of nitrogens with one attached hydrogen (secondary N) is 1. The van der Waals surface area contributed by atoms with Gasteiger partial charge in [0, 0.05) is 41.8 Å². The molecule has 7 heteroatoms. The number of pyridine rings is 1. The van der Waals surface area contributed by atoms with Crippen molar-refractivity contribution in [2.24, 2.45) is 0 Å². The molecule has 158 valence electrons. The van der Waals surface area contributed by atoms with Crippen LogP contribution in [-0.4, -0.2) is 24.3 Å². The SMILES string of the molecule is O=c1ccc2cnc(Nc3ccc(-n4cccn4)cc3)nc2n1C1CCCCCCC1. The molecule has 1 aliphatic carbocycles. The van der Waals surface area contributed by atoms with Crippen LogP contribution in [0, 0.1) is 0 Å². The molecule has 0 amide bonds. The lowest BCUT2D eigenvalue weighted by Gasteiger charge is -2.23. The second kappa shape index (κ2) is 8.71. The topological polar surface area (TPSA) is 77.6 Å². The Morgan fingerprint density at radius 1 is 0.935 bits per heavy atom. The van der Waals surface area contributed by atoms with E-state index < -0.39 is 0 Å². The molecule has 7 nitrogen and oxygen atoms in total. The highest BCUT2D eigenvalue weighted by Crippen LogP contribution is 2.28. The van der Waals surface area contributed by atoms with Crippen molar-refractivity contribution in [3.8, 4) is 5.69 Å². The molecule has 0 bridgehead atoms. The van der Waals surface area contributed by atoms with E-state index in [0.29, 0.717) is 11.6 Å². The van der Waals surface area contributed by atoms with Crippen LogP contribution in [0.1, 0.15) is 51.0 Å². The summed E-state index contributed by atoms with van der Waals surface area (Å²) >= 11 is 0. The molecule has 1 aromatic carbocycles. The van der Waals surface area contributed by atoms with Gasteiger partial charge in [-0.3, -0.25) is 9.36 Å². The van der Waals surface area contributed by atoms with Crippen molar-refractivity contribution >= 4 is 22.7 Å².